The van der Waals surface area contributed by atoms with E-state index in [1.54, 1.807) is 28.9 Å². The number of hydrogen-bond donors (Lipinski definition) is 0. The van der Waals surface area contributed by atoms with E-state index >= 15 is 0 Å². The van der Waals surface area contributed by atoms with Crippen LogP contribution < -0.4 is 4.74 Å². The van der Waals surface area contributed by atoms with E-state index in [0.717, 1.165) is 22.0 Å². The second-order valence-corrected chi connectivity index (χ2v) is 5.93. The molecule has 0 atom stereocenters. The van der Waals surface area contributed by atoms with Crippen LogP contribution in [0.3, 0.4) is 0 Å². The fraction of sp³-hybridized carbons (Fsp3) is 0.118. The van der Waals surface area contributed by atoms with E-state index in [9.17, 15) is 4.79 Å². The first-order chi connectivity index (χ1) is 11.2. The number of benzene rings is 2. The molecule has 0 spiro atoms. The topological polar surface area (TPSA) is 57.0 Å². The molecule has 1 aromatic heterocycles. The number of halogens is 1. The third-order valence-corrected chi connectivity index (χ3v) is 3.72. The molecule has 1 heterocycles. The van der Waals surface area contributed by atoms with E-state index in [0.29, 0.717) is 24.5 Å². The number of carbonyl (C=O) groups excluding carboxylic acids is 1. The molecule has 6 heteroatoms. The van der Waals surface area contributed by atoms with Crippen LogP contribution in [-0.4, -0.2) is 21.3 Å². The molecule has 3 aromatic rings. The van der Waals surface area contributed by atoms with Crippen molar-refractivity contribution in [1.82, 2.24) is 15.0 Å². The van der Waals surface area contributed by atoms with Crippen molar-refractivity contribution < 1.29 is 9.53 Å². The second-order valence-electron chi connectivity index (χ2n) is 5.01. The standard InChI is InChI=1S/C17H14BrN3O2/c18-15-3-1-2-14(8-15)9-21-10-16(19-20-21)12-23-17-6-4-13(11-22)5-7-17/h1-8,10-11H,9,12H2. The molecule has 23 heavy (non-hydrogen) atoms. The molecule has 3 rings (SSSR count). The summed E-state index contributed by atoms with van der Waals surface area (Å²) in [7, 11) is 0. The summed E-state index contributed by atoms with van der Waals surface area (Å²) in [6, 6.07) is 15.0. The molecular formula is C17H14BrN3O2. The van der Waals surface area contributed by atoms with Crippen LogP contribution in [0.5, 0.6) is 5.75 Å². The van der Waals surface area contributed by atoms with Gasteiger partial charge in [0, 0.05) is 10.0 Å². The maximum absolute atomic E-state index is 10.6. The molecule has 0 fully saturated rings. The van der Waals surface area contributed by atoms with Gasteiger partial charge in [-0.3, -0.25) is 4.79 Å². The maximum Gasteiger partial charge on any atom is 0.150 e. The second kappa shape index (κ2) is 7.19. The lowest BCUT2D eigenvalue weighted by molar-refractivity contribution is 0.112. The molecule has 0 N–H and O–H groups in total. The summed E-state index contributed by atoms with van der Waals surface area (Å²) >= 11 is 3.45. The van der Waals surface area contributed by atoms with Gasteiger partial charge in [0.05, 0.1) is 12.7 Å². The highest BCUT2D eigenvalue weighted by atomic mass is 79.9. The van der Waals surface area contributed by atoms with Gasteiger partial charge in [-0.25, -0.2) is 4.68 Å². The van der Waals surface area contributed by atoms with Crippen molar-refractivity contribution in [3.8, 4) is 5.75 Å². The van der Waals surface area contributed by atoms with Gasteiger partial charge in [0.2, 0.25) is 0 Å². The highest BCUT2D eigenvalue weighted by Crippen LogP contribution is 2.14. The van der Waals surface area contributed by atoms with Gasteiger partial charge >= 0.3 is 0 Å². The minimum absolute atomic E-state index is 0.332. The van der Waals surface area contributed by atoms with Crippen molar-refractivity contribution in [2.45, 2.75) is 13.2 Å². The van der Waals surface area contributed by atoms with Crippen molar-refractivity contribution in [3.05, 3.63) is 76.0 Å². The summed E-state index contributed by atoms with van der Waals surface area (Å²) in [4.78, 5) is 10.6. The van der Waals surface area contributed by atoms with Gasteiger partial charge in [0.15, 0.2) is 0 Å². The Hall–Kier alpha value is -2.47. The van der Waals surface area contributed by atoms with Gasteiger partial charge in [0.25, 0.3) is 0 Å². The molecule has 0 saturated carbocycles. The first-order valence-electron chi connectivity index (χ1n) is 7.04. The van der Waals surface area contributed by atoms with Crippen molar-refractivity contribution in [2.24, 2.45) is 0 Å². The number of carbonyl (C=O) groups is 1. The zero-order chi connectivity index (χ0) is 16.1. The third kappa shape index (κ3) is 4.26. The molecule has 0 bridgehead atoms. The number of aldehydes is 1. The summed E-state index contributed by atoms with van der Waals surface area (Å²) in [5.41, 5.74) is 2.51. The molecule has 0 aliphatic carbocycles. The van der Waals surface area contributed by atoms with Gasteiger partial charge in [-0.05, 0) is 42.0 Å². The van der Waals surface area contributed by atoms with Crippen LogP contribution in [0.1, 0.15) is 21.6 Å². The van der Waals surface area contributed by atoms with Crippen LogP contribution in [0.25, 0.3) is 0 Å². The average Bonchev–Trinajstić information content (AvgIpc) is 3.01. The van der Waals surface area contributed by atoms with Gasteiger partial charge in [-0.1, -0.05) is 33.3 Å². The SMILES string of the molecule is O=Cc1ccc(OCc2cn(Cc3cccc(Br)c3)nn2)cc1. The quantitative estimate of drug-likeness (QED) is 0.622. The molecule has 0 saturated heterocycles. The zero-order valence-corrected chi connectivity index (χ0v) is 13.8. The normalized spacial score (nSPS) is 10.5. The summed E-state index contributed by atoms with van der Waals surface area (Å²) in [6.45, 7) is 0.986. The fourth-order valence-corrected chi connectivity index (χ4v) is 2.55. The Morgan fingerprint density at radius 1 is 1.17 bits per heavy atom. The largest absolute Gasteiger partial charge is 0.487 e. The Kier molecular flexibility index (Phi) is 4.83. The minimum Gasteiger partial charge on any atom is -0.487 e. The lowest BCUT2D eigenvalue weighted by atomic mass is 10.2. The number of ether oxygens (including phenoxy) is 1. The summed E-state index contributed by atoms with van der Waals surface area (Å²) in [5, 5.41) is 8.21. The predicted molar refractivity (Wildman–Crippen MR) is 89.4 cm³/mol. The summed E-state index contributed by atoms with van der Waals surface area (Å²) in [5.74, 6) is 0.692. The van der Waals surface area contributed by atoms with Crippen LogP contribution in [0.2, 0.25) is 0 Å². The molecule has 0 amide bonds. The Labute approximate surface area is 142 Å². The fourth-order valence-electron chi connectivity index (χ4n) is 2.10. The first kappa shape index (κ1) is 15.4. The van der Waals surface area contributed by atoms with E-state index in [4.69, 9.17) is 4.74 Å². The van der Waals surface area contributed by atoms with E-state index in [1.807, 2.05) is 30.5 Å². The molecule has 116 valence electrons. The van der Waals surface area contributed by atoms with Crippen molar-refractivity contribution >= 4 is 22.2 Å². The van der Waals surface area contributed by atoms with E-state index in [2.05, 4.69) is 26.2 Å². The lowest BCUT2D eigenvalue weighted by Crippen LogP contribution is -2.00. The highest BCUT2D eigenvalue weighted by Gasteiger charge is 2.03. The van der Waals surface area contributed by atoms with Crippen LogP contribution in [-0.2, 0) is 13.2 Å². The smallest absolute Gasteiger partial charge is 0.150 e. The molecule has 2 aromatic carbocycles. The van der Waals surface area contributed by atoms with Crippen LogP contribution in [0.4, 0.5) is 0 Å². The van der Waals surface area contributed by atoms with Gasteiger partial charge < -0.3 is 4.74 Å². The number of hydrogen-bond acceptors (Lipinski definition) is 4. The van der Waals surface area contributed by atoms with Gasteiger partial charge in [-0.2, -0.15) is 0 Å². The first-order valence-corrected chi connectivity index (χ1v) is 7.84. The number of rotatable bonds is 6. The van der Waals surface area contributed by atoms with Crippen LogP contribution in [0.15, 0.2) is 59.2 Å². The number of nitrogens with zero attached hydrogens (tertiary/aromatic N) is 3. The Morgan fingerprint density at radius 3 is 2.74 bits per heavy atom. The van der Waals surface area contributed by atoms with Crippen LogP contribution >= 0.6 is 15.9 Å². The minimum atomic E-state index is 0.332. The van der Waals surface area contributed by atoms with Crippen molar-refractivity contribution in [3.63, 3.8) is 0 Å². The third-order valence-electron chi connectivity index (χ3n) is 3.22. The van der Waals surface area contributed by atoms with Gasteiger partial charge in [-0.15, -0.1) is 5.10 Å². The molecule has 0 aliphatic rings. The number of aromatic nitrogens is 3. The lowest BCUT2D eigenvalue weighted by Gasteiger charge is -2.03. The monoisotopic (exact) mass is 371 g/mol. The molecule has 5 nitrogen and oxygen atoms in total. The Balaban J connectivity index is 1.59. The predicted octanol–water partition coefficient (Wildman–Crippen LogP) is 3.48. The van der Waals surface area contributed by atoms with E-state index in [1.165, 1.54) is 0 Å². The summed E-state index contributed by atoms with van der Waals surface area (Å²) in [6.07, 6.45) is 2.66. The molecule has 0 radical (unpaired) electrons. The van der Waals surface area contributed by atoms with E-state index < -0.39 is 0 Å². The average molecular weight is 372 g/mol. The maximum atomic E-state index is 10.6. The Bertz CT molecular complexity index is 800. The van der Waals surface area contributed by atoms with Crippen LogP contribution in [0, 0.1) is 0 Å². The van der Waals surface area contributed by atoms with Crippen molar-refractivity contribution in [1.29, 1.82) is 0 Å². The van der Waals surface area contributed by atoms with Crippen molar-refractivity contribution in [2.75, 3.05) is 0 Å². The zero-order valence-electron chi connectivity index (χ0n) is 12.2. The molecule has 0 unspecified atom stereocenters. The van der Waals surface area contributed by atoms with Gasteiger partial charge in [0.1, 0.15) is 24.3 Å². The Morgan fingerprint density at radius 2 is 2.00 bits per heavy atom. The van der Waals surface area contributed by atoms with E-state index in [-0.39, 0.29) is 0 Å². The summed E-state index contributed by atoms with van der Waals surface area (Å²) < 4.78 is 8.45. The highest BCUT2D eigenvalue weighted by molar-refractivity contribution is 9.10. The molecular weight excluding hydrogens is 358 g/mol. The molecule has 0 aliphatic heterocycles.